The van der Waals surface area contributed by atoms with E-state index in [9.17, 15) is 9.59 Å². The predicted molar refractivity (Wildman–Crippen MR) is 104 cm³/mol. The van der Waals surface area contributed by atoms with Gasteiger partial charge in [0.15, 0.2) is 12.4 Å². The second kappa shape index (κ2) is 8.94. The van der Waals surface area contributed by atoms with Crippen LogP contribution in [0.5, 0.6) is 0 Å². The van der Waals surface area contributed by atoms with Crippen molar-refractivity contribution >= 4 is 11.9 Å². The van der Waals surface area contributed by atoms with E-state index >= 15 is 0 Å². The standard InChI is InChI=1S/C21H22N4O3/c1-3-16-5-7-17(8-6-16)15(2)24-20(26)14-28-21(27)18-9-10-19(22-13-18)25-12-4-11-23-25/h4-13,15H,3,14H2,1-2H3,(H,24,26). The van der Waals surface area contributed by atoms with E-state index in [1.165, 1.54) is 11.8 Å². The third kappa shape index (κ3) is 4.82. The highest BCUT2D eigenvalue weighted by Gasteiger charge is 2.14. The maximum atomic E-state index is 12.1. The minimum absolute atomic E-state index is 0.174. The third-order valence-corrected chi connectivity index (χ3v) is 4.32. The van der Waals surface area contributed by atoms with Gasteiger partial charge >= 0.3 is 5.97 Å². The minimum Gasteiger partial charge on any atom is -0.452 e. The van der Waals surface area contributed by atoms with Crippen LogP contribution in [0.1, 0.15) is 41.4 Å². The Kier molecular flexibility index (Phi) is 6.16. The topological polar surface area (TPSA) is 86.1 Å². The fraction of sp³-hybridized carbons (Fsp3) is 0.238. The monoisotopic (exact) mass is 378 g/mol. The number of nitrogens with zero attached hydrogens (tertiary/aromatic N) is 3. The van der Waals surface area contributed by atoms with Crippen LogP contribution in [0.15, 0.2) is 61.1 Å². The Bertz CT molecular complexity index is 919. The summed E-state index contributed by atoms with van der Waals surface area (Å²) in [6, 6.07) is 12.9. The maximum absolute atomic E-state index is 12.1. The zero-order chi connectivity index (χ0) is 19.9. The zero-order valence-corrected chi connectivity index (χ0v) is 15.8. The van der Waals surface area contributed by atoms with E-state index in [4.69, 9.17) is 4.74 Å². The van der Waals surface area contributed by atoms with Crippen molar-refractivity contribution < 1.29 is 14.3 Å². The first-order chi connectivity index (χ1) is 13.6. The van der Waals surface area contributed by atoms with Crippen LogP contribution in [-0.2, 0) is 16.0 Å². The highest BCUT2D eigenvalue weighted by Crippen LogP contribution is 2.13. The Morgan fingerprint density at radius 1 is 1.18 bits per heavy atom. The molecule has 3 aromatic rings. The summed E-state index contributed by atoms with van der Waals surface area (Å²) in [5.41, 5.74) is 2.51. The van der Waals surface area contributed by atoms with Crippen LogP contribution in [0.3, 0.4) is 0 Å². The highest BCUT2D eigenvalue weighted by molar-refractivity contribution is 5.91. The zero-order valence-electron chi connectivity index (χ0n) is 15.8. The molecule has 0 aliphatic heterocycles. The van der Waals surface area contributed by atoms with Crippen LogP contribution in [0.2, 0.25) is 0 Å². The van der Waals surface area contributed by atoms with Gasteiger partial charge in [-0.15, -0.1) is 0 Å². The van der Waals surface area contributed by atoms with Gasteiger partial charge in [0, 0.05) is 18.6 Å². The summed E-state index contributed by atoms with van der Waals surface area (Å²) in [7, 11) is 0. The number of rotatable bonds is 7. The normalized spacial score (nSPS) is 11.6. The number of carbonyl (C=O) groups is 2. The molecule has 1 N–H and O–H groups in total. The number of aryl methyl sites for hydroxylation is 1. The Hall–Kier alpha value is -3.48. The first kappa shape index (κ1) is 19.3. The average Bonchev–Trinajstić information content (AvgIpc) is 3.27. The molecule has 1 atom stereocenters. The number of carbonyl (C=O) groups excluding carboxylic acids is 2. The van der Waals surface area contributed by atoms with Crippen LogP contribution in [0.4, 0.5) is 0 Å². The summed E-state index contributed by atoms with van der Waals surface area (Å²) in [5.74, 6) is -0.377. The smallest absolute Gasteiger partial charge is 0.340 e. The number of benzene rings is 1. The van der Waals surface area contributed by atoms with Crippen molar-refractivity contribution in [2.75, 3.05) is 6.61 Å². The number of hydrogen-bond acceptors (Lipinski definition) is 5. The molecule has 144 valence electrons. The molecule has 0 radical (unpaired) electrons. The van der Waals surface area contributed by atoms with E-state index in [1.54, 1.807) is 35.3 Å². The van der Waals surface area contributed by atoms with E-state index < -0.39 is 5.97 Å². The first-order valence-electron chi connectivity index (χ1n) is 9.08. The van der Waals surface area contributed by atoms with Gasteiger partial charge in [0.05, 0.1) is 11.6 Å². The second-order valence-electron chi connectivity index (χ2n) is 6.32. The lowest BCUT2D eigenvalue weighted by Gasteiger charge is -2.15. The second-order valence-corrected chi connectivity index (χ2v) is 6.32. The molecular formula is C21H22N4O3. The van der Waals surface area contributed by atoms with Crippen LogP contribution >= 0.6 is 0 Å². The molecule has 1 aromatic carbocycles. The lowest BCUT2D eigenvalue weighted by atomic mass is 10.1. The summed E-state index contributed by atoms with van der Waals surface area (Å²) < 4.78 is 6.66. The molecule has 0 aliphatic carbocycles. The molecular weight excluding hydrogens is 356 g/mol. The quantitative estimate of drug-likeness (QED) is 0.639. The van der Waals surface area contributed by atoms with Crippen molar-refractivity contribution in [1.29, 1.82) is 0 Å². The molecule has 2 aromatic heterocycles. The number of pyridine rings is 1. The number of nitrogens with one attached hydrogen (secondary N) is 1. The Morgan fingerprint density at radius 3 is 2.57 bits per heavy atom. The molecule has 7 nitrogen and oxygen atoms in total. The maximum Gasteiger partial charge on any atom is 0.340 e. The number of hydrogen-bond donors (Lipinski definition) is 1. The van der Waals surface area contributed by atoms with Gasteiger partial charge in [-0.3, -0.25) is 4.79 Å². The van der Waals surface area contributed by atoms with Gasteiger partial charge < -0.3 is 10.1 Å². The fourth-order valence-electron chi connectivity index (χ4n) is 2.67. The fourth-order valence-corrected chi connectivity index (χ4v) is 2.67. The number of aromatic nitrogens is 3. The van der Waals surface area contributed by atoms with Crippen molar-refractivity contribution in [2.24, 2.45) is 0 Å². The van der Waals surface area contributed by atoms with Gasteiger partial charge in [0.25, 0.3) is 5.91 Å². The molecule has 7 heteroatoms. The lowest BCUT2D eigenvalue weighted by Crippen LogP contribution is -2.31. The Labute approximate surface area is 163 Å². The molecule has 0 saturated carbocycles. The van der Waals surface area contributed by atoms with Crippen molar-refractivity contribution in [3.05, 3.63) is 77.7 Å². The summed E-state index contributed by atoms with van der Waals surface area (Å²) >= 11 is 0. The van der Waals surface area contributed by atoms with E-state index in [1.807, 2.05) is 31.2 Å². The molecule has 0 fully saturated rings. The van der Waals surface area contributed by atoms with E-state index in [0.717, 1.165) is 12.0 Å². The Morgan fingerprint density at radius 2 is 1.96 bits per heavy atom. The van der Waals surface area contributed by atoms with Crippen LogP contribution in [0.25, 0.3) is 5.82 Å². The van der Waals surface area contributed by atoms with E-state index in [2.05, 4.69) is 22.3 Å². The summed E-state index contributed by atoms with van der Waals surface area (Å²) in [6.45, 7) is 3.63. The van der Waals surface area contributed by atoms with E-state index in [-0.39, 0.29) is 24.1 Å². The summed E-state index contributed by atoms with van der Waals surface area (Å²) in [4.78, 5) is 28.4. The Balaban J connectivity index is 1.50. The van der Waals surface area contributed by atoms with E-state index in [0.29, 0.717) is 5.82 Å². The minimum atomic E-state index is -0.602. The highest BCUT2D eigenvalue weighted by atomic mass is 16.5. The van der Waals surface area contributed by atoms with Gasteiger partial charge in [-0.05, 0) is 42.7 Å². The molecule has 0 bridgehead atoms. The van der Waals surface area contributed by atoms with Gasteiger partial charge in [0.1, 0.15) is 0 Å². The lowest BCUT2D eigenvalue weighted by molar-refractivity contribution is -0.124. The SMILES string of the molecule is CCc1ccc(C(C)NC(=O)COC(=O)c2ccc(-n3cccn3)nc2)cc1. The molecule has 0 spiro atoms. The van der Waals surface area contributed by atoms with Gasteiger partial charge in [0.2, 0.25) is 0 Å². The van der Waals surface area contributed by atoms with Crippen molar-refractivity contribution in [3.63, 3.8) is 0 Å². The molecule has 1 unspecified atom stereocenters. The number of esters is 1. The molecule has 1 amide bonds. The van der Waals surface area contributed by atoms with Crippen LogP contribution in [-0.4, -0.2) is 33.2 Å². The van der Waals surface area contributed by atoms with Gasteiger partial charge in [-0.25, -0.2) is 14.5 Å². The van der Waals surface area contributed by atoms with Crippen LogP contribution < -0.4 is 5.32 Å². The van der Waals surface area contributed by atoms with Crippen LogP contribution in [0, 0.1) is 0 Å². The van der Waals surface area contributed by atoms with Crippen molar-refractivity contribution in [2.45, 2.75) is 26.3 Å². The predicted octanol–water partition coefficient (Wildman–Crippen LogP) is 2.86. The molecule has 0 aliphatic rings. The average molecular weight is 378 g/mol. The molecule has 28 heavy (non-hydrogen) atoms. The number of ether oxygens (including phenoxy) is 1. The summed E-state index contributed by atoms with van der Waals surface area (Å²) in [6.07, 6.45) is 5.76. The molecule has 2 heterocycles. The molecule has 0 saturated heterocycles. The van der Waals surface area contributed by atoms with Crippen molar-refractivity contribution in [1.82, 2.24) is 20.1 Å². The van der Waals surface area contributed by atoms with Gasteiger partial charge in [-0.1, -0.05) is 31.2 Å². The third-order valence-electron chi connectivity index (χ3n) is 4.32. The summed E-state index contributed by atoms with van der Waals surface area (Å²) in [5, 5.41) is 6.89. The first-order valence-corrected chi connectivity index (χ1v) is 9.08. The number of amides is 1. The van der Waals surface area contributed by atoms with Crippen molar-refractivity contribution in [3.8, 4) is 5.82 Å². The largest absolute Gasteiger partial charge is 0.452 e. The van der Waals surface area contributed by atoms with Gasteiger partial charge in [-0.2, -0.15) is 5.10 Å². The molecule has 3 rings (SSSR count).